The van der Waals surface area contributed by atoms with Crippen LogP contribution in [0.5, 0.6) is 0 Å². The molecule has 3 aromatic heterocycles. The minimum atomic E-state index is 0.495. The third-order valence-electron chi connectivity index (χ3n) is 6.98. The van der Waals surface area contributed by atoms with E-state index < -0.39 is 0 Å². The molecule has 7 nitrogen and oxygen atoms in total. The van der Waals surface area contributed by atoms with Crippen LogP contribution in [0.3, 0.4) is 0 Å². The molecular formula is C28H30N6O. The average molecular weight is 467 g/mol. The summed E-state index contributed by atoms with van der Waals surface area (Å²) >= 11 is 0. The van der Waals surface area contributed by atoms with Gasteiger partial charge in [-0.3, -0.25) is 9.67 Å². The van der Waals surface area contributed by atoms with Gasteiger partial charge in [0.05, 0.1) is 12.3 Å². The van der Waals surface area contributed by atoms with Crippen molar-refractivity contribution in [3.8, 4) is 22.5 Å². The summed E-state index contributed by atoms with van der Waals surface area (Å²) in [7, 11) is 2.18. The van der Waals surface area contributed by atoms with Crippen LogP contribution in [0.1, 0.15) is 28.9 Å². The lowest BCUT2D eigenvalue weighted by atomic mass is 9.96. The Labute approximate surface area is 205 Å². The van der Waals surface area contributed by atoms with Crippen LogP contribution < -0.4 is 0 Å². The van der Waals surface area contributed by atoms with E-state index in [1.54, 1.807) is 6.20 Å². The number of hydrogen-bond donors (Lipinski definition) is 0. The third kappa shape index (κ3) is 4.88. The maximum Gasteiger partial charge on any atom is 0.133 e. The largest absolute Gasteiger partial charge is 0.381 e. The second-order valence-corrected chi connectivity index (χ2v) is 9.71. The number of fused-ring (bicyclic) bond motifs is 1. The van der Waals surface area contributed by atoms with Gasteiger partial charge in [-0.05, 0) is 54.8 Å². The van der Waals surface area contributed by atoms with E-state index >= 15 is 0 Å². The molecule has 1 aromatic carbocycles. The first-order valence-corrected chi connectivity index (χ1v) is 12.4. The maximum atomic E-state index is 5.57. The minimum Gasteiger partial charge on any atom is -0.381 e. The van der Waals surface area contributed by atoms with Crippen molar-refractivity contribution in [1.82, 2.24) is 29.6 Å². The Balaban J connectivity index is 1.30. The number of benzene rings is 1. The highest BCUT2D eigenvalue weighted by Gasteiger charge is 2.20. The Hall–Kier alpha value is -3.42. The van der Waals surface area contributed by atoms with Crippen LogP contribution in [0.15, 0.2) is 61.2 Å². The van der Waals surface area contributed by atoms with E-state index in [-0.39, 0.29) is 0 Å². The Morgan fingerprint density at radius 3 is 2.94 bits per heavy atom. The van der Waals surface area contributed by atoms with Gasteiger partial charge in [0, 0.05) is 74.5 Å². The first kappa shape index (κ1) is 22.1. The van der Waals surface area contributed by atoms with Gasteiger partial charge < -0.3 is 9.64 Å². The summed E-state index contributed by atoms with van der Waals surface area (Å²) in [6.07, 6.45) is 10.5. The Morgan fingerprint density at radius 1 is 1.11 bits per heavy atom. The van der Waals surface area contributed by atoms with E-state index in [0.717, 1.165) is 74.0 Å². The van der Waals surface area contributed by atoms with Gasteiger partial charge in [-0.1, -0.05) is 18.2 Å². The zero-order chi connectivity index (χ0) is 23.6. The van der Waals surface area contributed by atoms with E-state index in [9.17, 15) is 0 Å². The van der Waals surface area contributed by atoms with E-state index in [2.05, 4.69) is 52.4 Å². The van der Waals surface area contributed by atoms with E-state index in [1.165, 1.54) is 16.7 Å². The van der Waals surface area contributed by atoms with Crippen molar-refractivity contribution in [2.24, 2.45) is 5.92 Å². The molecule has 35 heavy (non-hydrogen) atoms. The molecule has 1 saturated heterocycles. The fourth-order valence-corrected chi connectivity index (χ4v) is 5.08. The smallest absolute Gasteiger partial charge is 0.133 e. The van der Waals surface area contributed by atoms with Crippen molar-refractivity contribution >= 4 is 0 Å². The number of likely N-dealkylation sites (N-methyl/N-ethyl adjacent to an activating group) is 1. The van der Waals surface area contributed by atoms with Gasteiger partial charge in [-0.2, -0.15) is 5.10 Å². The summed E-state index contributed by atoms with van der Waals surface area (Å²) in [5.74, 6) is 1.32. The molecule has 0 bridgehead atoms. The monoisotopic (exact) mass is 466 g/mol. The zero-order valence-corrected chi connectivity index (χ0v) is 20.1. The molecule has 0 amide bonds. The molecule has 7 heteroatoms. The van der Waals surface area contributed by atoms with Crippen LogP contribution in [-0.4, -0.2) is 56.4 Å². The standard InChI is InChI=1S/C28H30N6O/c1-33-11-7-22-13-20(4-5-24(22)17-33)14-27-30-10-6-26(31-27)25-18-34(16-21-8-12-35-19-21)32-28(25)23-3-2-9-29-15-23/h2-6,9-10,13,15,18,21H,7-8,11-12,14,16-17,19H2,1H3. The van der Waals surface area contributed by atoms with E-state index in [4.69, 9.17) is 14.8 Å². The van der Waals surface area contributed by atoms with Crippen LogP contribution in [0.4, 0.5) is 0 Å². The van der Waals surface area contributed by atoms with Crippen molar-refractivity contribution in [1.29, 1.82) is 0 Å². The Bertz CT molecular complexity index is 1310. The lowest BCUT2D eigenvalue weighted by Crippen LogP contribution is -2.26. The molecule has 0 N–H and O–H groups in total. The Morgan fingerprint density at radius 2 is 2.09 bits per heavy atom. The molecule has 6 rings (SSSR count). The van der Waals surface area contributed by atoms with Gasteiger partial charge in [0.15, 0.2) is 0 Å². The van der Waals surface area contributed by atoms with Crippen LogP contribution in [0.25, 0.3) is 22.5 Å². The normalized spacial score (nSPS) is 18.0. The highest BCUT2D eigenvalue weighted by molar-refractivity contribution is 5.78. The first-order chi connectivity index (χ1) is 17.2. The van der Waals surface area contributed by atoms with Crippen molar-refractivity contribution in [2.45, 2.75) is 32.4 Å². The maximum absolute atomic E-state index is 5.57. The highest BCUT2D eigenvalue weighted by Crippen LogP contribution is 2.30. The zero-order valence-electron chi connectivity index (χ0n) is 20.1. The van der Waals surface area contributed by atoms with Crippen molar-refractivity contribution < 1.29 is 4.74 Å². The quantitative estimate of drug-likeness (QED) is 0.428. The van der Waals surface area contributed by atoms with E-state index in [1.807, 2.05) is 29.2 Å². The second-order valence-electron chi connectivity index (χ2n) is 9.71. The number of ether oxygens (including phenoxy) is 1. The average Bonchev–Trinajstić information content (AvgIpc) is 3.55. The molecule has 1 fully saturated rings. The summed E-state index contributed by atoms with van der Waals surface area (Å²) in [6, 6.07) is 12.8. The summed E-state index contributed by atoms with van der Waals surface area (Å²) in [4.78, 5) is 16.3. The van der Waals surface area contributed by atoms with Gasteiger partial charge in [0.1, 0.15) is 11.5 Å². The van der Waals surface area contributed by atoms with Gasteiger partial charge in [0.2, 0.25) is 0 Å². The number of hydrogen-bond acceptors (Lipinski definition) is 6. The first-order valence-electron chi connectivity index (χ1n) is 12.4. The summed E-state index contributed by atoms with van der Waals surface area (Å²) < 4.78 is 7.61. The SMILES string of the molecule is CN1CCc2cc(Cc3nccc(-c4cn(CC5CCOC5)nc4-c4cccnc4)n3)ccc2C1. The molecular weight excluding hydrogens is 436 g/mol. The molecule has 0 spiro atoms. The topological polar surface area (TPSA) is 69.0 Å². The molecule has 1 atom stereocenters. The molecule has 2 aliphatic rings. The predicted octanol–water partition coefficient (Wildman–Crippen LogP) is 4.02. The number of rotatable bonds is 6. The molecule has 0 saturated carbocycles. The number of nitrogens with zero attached hydrogens (tertiary/aromatic N) is 6. The molecule has 178 valence electrons. The number of aromatic nitrogens is 5. The van der Waals surface area contributed by atoms with Crippen molar-refractivity contribution in [2.75, 3.05) is 26.8 Å². The van der Waals surface area contributed by atoms with Gasteiger partial charge in [-0.15, -0.1) is 0 Å². The van der Waals surface area contributed by atoms with Crippen LogP contribution in [-0.2, 0) is 30.7 Å². The van der Waals surface area contributed by atoms with E-state index in [0.29, 0.717) is 12.3 Å². The van der Waals surface area contributed by atoms with Crippen LogP contribution in [0, 0.1) is 5.92 Å². The molecule has 0 aliphatic carbocycles. The highest BCUT2D eigenvalue weighted by atomic mass is 16.5. The molecule has 4 aromatic rings. The summed E-state index contributed by atoms with van der Waals surface area (Å²) in [6.45, 7) is 4.61. The van der Waals surface area contributed by atoms with Crippen LogP contribution >= 0.6 is 0 Å². The number of pyridine rings is 1. The van der Waals surface area contributed by atoms with Gasteiger partial charge >= 0.3 is 0 Å². The predicted molar refractivity (Wildman–Crippen MR) is 135 cm³/mol. The molecule has 5 heterocycles. The van der Waals surface area contributed by atoms with Gasteiger partial charge in [-0.25, -0.2) is 9.97 Å². The summed E-state index contributed by atoms with van der Waals surface area (Å²) in [5, 5.41) is 4.95. The van der Waals surface area contributed by atoms with Crippen molar-refractivity contribution in [3.63, 3.8) is 0 Å². The van der Waals surface area contributed by atoms with Gasteiger partial charge in [0.25, 0.3) is 0 Å². The molecule has 0 radical (unpaired) electrons. The fraction of sp³-hybridized carbons (Fsp3) is 0.357. The van der Waals surface area contributed by atoms with Crippen LogP contribution in [0.2, 0.25) is 0 Å². The fourth-order valence-electron chi connectivity index (χ4n) is 5.08. The minimum absolute atomic E-state index is 0.495. The molecule has 2 aliphatic heterocycles. The summed E-state index contributed by atoms with van der Waals surface area (Å²) in [5.41, 5.74) is 7.93. The second kappa shape index (κ2) is 9.68. The molecule has 1 unspecified atom stereocenters. The van der Waals surface area contributed by atoms with Crippen molar-refractivity contribution in [3.05, 3.63) is 83.7 Å². The Kier molecular flexibility index (Phi) is 6.10. The lowest BCUT2D eigenvalue weighted by molar-refractivity contribution is 0.181. The third-order valence-corrected chi connectivity index (χ3v) is 6.98. The lowest BCUT2D eigenvalue weighted by Gasteiger charge is -2.25.